The van der Waals surface area contributed by atoms with E-state index in [9.17, 15) is 4.79 Å². The number of carbonyl (C=O) groups excluding carboxylic acids is 1. The number of hydrogen-bond acceptors (Lipinski definition) is 4. The molecule has 0 aliphatic heterocycles. The lowest BCUT2D eigenvalue weighted by molar-refractivity contribution is 0.122. The summed E-state index contributed by atoms with van der Waals surface area (Å²) in [6.07, 6.45) is -0.674. The minimum Gasteiger partial charge on any atom is -0.443 e. The maximum Gasteiger partial charge on any atom is 0.434 e. The van der Waals surface area contributed by atoms with Crippen LogP contribution in [0.3, 0.4) is 0 Å². The minimum absolute atomic E-state index is 0.202. The van der Waals surface area contributed by atoms with E-state index in [1.165, 1.54) is 0 Å². The van der Waals surface area contributed by atoms with E-state index in [2.05, 4.69) is 12.8 Å². The number of benzene rings is 1. The monoisotopic (exact) mass is 198 g/mol. The zero-order chi connectivity index (χ0) is 9.68. The van der Waals surface area contributed by atoms with Gasteiger partial charge in [0.2, 0.25) is 0 Å². The van der Waals surface area contributed by atoms with Gasteiger partial charge >= 0.3 is 6.09 Å². The van der Waals surface area contributed by atoms with Crippen LogP contribution in [-0.2, 0) is 11.3 Å². The maximum atomic E-state index is 10.8. The molecule has 4 nitrogen and oxygen atoms in total. The predicted molar refractivity (Wildman–Crippen MR) is 51.6 cm³/mol. The van der Waals surface area contributed by atoms with E-state index in [0.717, 1.165) is 5.56 Å². The molecule has 5 heteroatoms. The Morgan fingerprint density at radius 1 is 1.46 bits per heavy atom. The first-order chi connectivity index (χ1) is 6.20. The van der Waals surface area contributed by atoms with Gasteiger partial charge in [-0.1, -0.05) is 30.3 Å². The Bertz CT molecular complexity index is 277. The molecule has 0 aliphatic carbocycles. The fraction of sp³-hybridized carbons (Fsp3) is 0.125. The van der Waals surface area contributed by atoms with Crippen molar-refractivity contribution in [2.45, 2.75) is 6.61 Å². The van der Waals surface area contributed by atoms with E-state index in [1.807, 2.05) is 30.3 Å². The Kier molecular flexibility index (Phi) is 3.60. The summed E-state index contributed by atoms with van der Waals surface area (Å²) >= 11 is 3.58. The largest absolute Gasteiger partial charge is 0.443 e. The van der Waals surface area contributed by atoms with Gasteiger partial charge in [0.25, 0.3) is 0 Å². The van der Waals surface area contributed by atoms with Crippen LogP contribution in [-0.4, -0.2) is 10.5 Å². The Balaban J connectivity index is 2.40. The number of hydrazine groups is 1. The van der Waals surface area contributed by atoms with Crippen LogP contribution < -0.4 is 5.84 Å². The van der Waals surface area contributed by atoms with Gasteiger partial charge in [-0.2, -0.15) is 4.41 Å². The maximum absolute atomic E-state index is 10.8. The van der Waals surface area contributed by atoms with Crippen LogP contribution in [0, 0.1) is 0 Å². The first-order valence-electron chi connectivity index (χ1n) is 3.64. The van der Waals surface area contributed by atoms with Gasteiger partial charge in [0.15, 0.2) is 0 Å². The van der Waals surface area contributed by atoms with Gasteiger partial charge in [0.05, 0.1) is 0 Å². The molecular weight excluding hydrogens is 188 g/mol. The second-order valence-electron chi connectivity index (χ2n) is 2.38. The summed E-state index contributed by atoms with van der Waals surface area (Å²) in [6, 6.07) is 9.33. The van der Waals surface area contributed by atoms with Gasteiger partial charge in [-0.05, 0) is 18.4 Å². The van der Waals surface area contributed by atoms with E-state index in [1.54, 1.807) is 0 Å². The Labute approximate surface area is 81.8 Å². The summed E-state index contributed by atoms with van der Waals surface area (Å²) in [4.78, 5) is 10.8. The van der Waals surface area contributed by atoms with Crippen LogP contribution in [0.4, 0.5) is 4.79 Å². The molecule has 70 valence electrons. The smallest absolute Gasteiger partial charge is 0.434 e. The van der Waals surface area contributed by atoms with Gasteiger partial charge in [0.1, 0.15) is 6.61 Å². The highest BCUT2D eigenvalue weighted by Gasteiger charge is 2.05. The van der Waals surface area contributed by atoms with E-state index in [4.69, 9.17) is 10.6 Å². The van der Waals surface area contributed by atoms with Crippen LogP contribution in [0.5, 0.6) is 0 Å². The average Bonchev–Trinajstić information content (AvgIpc) is 2.15. The summed E-state index contributed by atoms with van der Waals surface area (Å²) in [5.74, 6) is 5.02. The standard InChI is InChI=1S/C8H10N2O2S/c9-10(13)8(11)12-6-7-4-2-1-3-5-7/h1-5,13H,6,9H2. The lowest BCUT2D eigenvalue weighted by Crippen LogP contribution is -2.28. The van der Waals surface area contributed by atoms with E-state index >= 15 is 0 Å². The van der Waals surface area contributed by atoms with Gasteiger partial charge in [-0.3, -0.25) is 0 Å². The first kappa shape index (κ1) is 9.88. The summed E-state index contributed by atoms with van der Waals surface area (Å²) in [7, 11) is 0. The highest BCUT2D eigenvalue weighted by atomic mass is 32.1. The lowest BCUT2D eigenvalue weighted by Gasteiger charge is -2.08. The average molecular weight is 198 g/mol. The highest BCUT2D eigenvalue weighted by Crippen LogP contribution is 2.01. The van der Waals surface area contributed by atoms with Crippen LogP contribution in [0.15, 0.2) is 30.3 Å². The van der Waals surface area contributed by atoms with Crippen LogP contribution >= 0.6 is 12.8 Å². The number of nitrogens with zero attached hydrogens (tertiary/aromatic N) is 1. The van der Waals surface area contributed by atoms with Gasteiger partial charge < -0.3 is 4.74 Å². The number of nitrogens with two attached hydrogens (primary N) is 1. The molecule has 0 atom stereocenters. The SMILES string of the molecule is NN(S)C(=O)OCc1ccccc1. The Hall–Kier alpha value is -1.20. The third-order valence-electron chi connectivity index (χ3n) is 1.39. The summed E-state index contributed by atoms with van der Waals surface area (Å²) in [6.45, 7) is 0.202. The fourth-order valence-electron chi connectivity index (χ4n) is 0.785. The molecule has 0 heterocycles. The molecule has 13 heavy (non-hydrogen) atoms. The number of amides is 1. The molecule has 0 fully saturated rings. The molecule has 0 spiro atoms. The Morgan fingerprint density at radius 3 is 2.62 bits per heavy atom. The quantitative estimate of drug-likeness (QED) is 0.326. The lowest BCUT2D eigenvalue weighted by atomic mass is 10.2. The molecule has 0 saturated heterocycles. The number of rotatable bonds is 2. The molecule has 1 amide bonds. The predicted octanol–water partition coefficient (Wildman–Crippen LogP) is 1.34. The zero-order valence-electron chi connectivity index (χ0n) is 6.88. The molecule has 1 aromatic carbocycles. The fourth-order valence-corrected chi connectivity index (χ4v) is 0.843. The third-order valence-corrected chi connectivity index (χ3v) is 1.56. The van der Waals surface area contributed by atoms with Crippen molar-refractivity contribution in [2.75, 3.05) is 0 Å². The number of hydrogen-bond donors (Lipinski definition) is 2. The summed E-state index contributed by atoms with van der Waals surface area (Å²) in [5, 5.41) is 0. The molecular formula is C8H10N2O2S. The van der Waals surface area contributed by atoms with Gasteiger partial charge in [0, 0.05) is 0 Å². The second kappa shape index (κ2) is 4.74. The van der Waals surface area contributed by atoms with Crippen LogP contribution in [0.25, 0.3) is 0 Å². The molecule has 0 radical (unpaired) electrons. The van der Waals surface area contributed by atoms with Crippen molar-refractivity contribution in [2.24, 2.45) is 5.84 Å². The Morgan fingerprint density at radius 2 is 2.08 bits per heavy atom. The highest BCUT2D eigenvalue weighted by molar-refractivity contribution is 7.78. The molecule has 2 N–H and O–H groups in total. The molecule has 0 aromatic heterocycles. The second-order valence-corrected chi connectivity index (χ2v) is 2.82. The number of carbonyl (C=O) groups is 1. The molecule has 1 aromatic rings. The molecule has 1 rings (SSSR count). The number of ether oxygens (including phenoxy) is 1. The van der Waals surface area contributed by atoms with Crippen molar-refractivity contribution in [1.82, 2.24) is 4.41 Å². The van der Waals surface area contributed by atoms with Crippen LogP contribution in [0.1, 0.15) is 5.56 Å². The van der Waals surface area contributed by atoms with Crippen molar-refractivity contribution in [3.8, 4) is 0 Å². The van der Waals surface area contributed by atoms with Crippen molar-refractivity contribution < 1.29 is 9.53 Å². The summed E-state index contributed by atoms with van der Waals surface area (Å²) in [5.41, 5.74) is 0.908. The molecule has 0 aliphatic rings. The number of thiol groups is 1. The van der Waals surface area contributed by atoms with E-state index in [-0.39, 0.29) is 6.61 Å². The van der Waals surface area contributed by atoms with Crippen molar-refractivity contribution in [3.63, 3.8) is 0 Å². The summed E-state index contributed by atoms with van der Waals surface area (Å²) < 4.78 is 5.38. The zero-order valence-corrected chi connectivity index (χ0v) is 7.78. The van der Waals surface area contributed by atoms with Crippen molar-refractivity contribution >= 4 is 18.9 Å². The normalized spacial score (nSPS) is 9.38. The molecule has 0 unspecified atom stereocenters. The first-order valence-corrected chi connectivity index (χ1v) is 4.04. The van der Waals surface area contributed by atoms with Gasteiger partial charge in [-0.25, -0.2) is 10.6 Å². The topological polar surface area (TPSA) is 55.6 Å². The minimum atomic E-state index is -0.674. The molecule has 0 saturated carbocycles. The van der Waals surface area contributed by atoms with Crippen LogP contribution in [0.2, 0.25) is 0 Å². The van der Waals surface area contributed by atoms with Crippen molar-refractivity contribution in [1.29, 1.82) is 0 Å². The third kappa shape index (κ3) is 3.35. The molecule has 0 bridgehead atoms. The van der Waals surface area contributed by atoms with E-state index < -0.39 is 6.09 Å². The van der Waals surface area contributed by atoms with Gasteiger partial charge in [-0.15, -0.1) is 0 Å². The van der Waals surface area contributed by atoms with Crippen molar-refractivity contribution in [3.05, 3.63) is 35.9 Å². The van der Waals surface area contributed by atoms with E-state index in [0.29, 0.717) is 4.41 Å².